The standard InChI is InChI=1S/C10H6F3NO3/c11-10(12,13)17-7-3-1-2-5-4-6(15)9(16)14-8(5)7/h1-4,15H,(H,14,16). The van der Waals surface area contributed by atoms with Crippen molar-refractivity contribution in [2.45, 2.75) is 6.36 Å². The Morgan fingerprint density at radius 3 is 2.65 bits per heavy atom. The SMILES string of the molecule is O=c1[nH]c2c(OC(F)(F)F)cccc2cc1O. The Labute approximate surface area is 92.3 Å². The fourth-order valence-electron chi connectivity index (χ4n) is 1.40. The van der Waals surface area contributed by atoms with Crippen molar-refractivity contribution in [2.75, 3.05) is 0 Å². The minimum atomic E-state index is -4.84. The van der Waals surface area contributed by atoms with Gasteiger partial charge in [-0.15, -0.1) is 13.2 Å². The maximum atomic E-state index is 12.1. The molecule has 0 aliphatic rings. The summed E-state index contributed by atoms with van der Waals surface area (Å²) in [6.45, 7) is 0. The number of halogens is 3. The summed E-state index contributed by atoms with van der Waals surface area (Å²) in [5, 5.41) is 9.37. The zero-order valence-electron chi connectivity index (χ0n) is 8.21. The van der Waals surface area contributed by atoms with E-state index in [1.165, 1.54) is 12.1 Å². The molecule has 0 bridgehead atoms. The van der Waals surface area contributed by atoms with E-state index >= 15 is 0 Å². The molecule has 0 unspecified atom stereocenters. The molecule has 4 nitrogen and oxygen atoms in total. The average molecular weight is 245 g/mol. The van der Waals surface area contributed by atoms with Crippen LogP contribution in [0.2, 0.25) is 0 Å². The fraction of sp³-hybridized carbons (Fsp3) is 0.100. The maximum absolute atomic E-state index is 12.1. The Hall–Kier alpha value is -2.18. The predicted octanol–water partition coefficient (Wildman–Crippen LogP) is 2.13. The van der Waals surface area contributed by atoms with Crippen molar-refractivity contribution in [1.29, 1.82) is 0 Å². The van der Waals surface area contributed by atoms with E-state index in [1.807, 2.05) is 0 Å². The molecule has 1 heterocycles. The molecule has 0 amide bonds. The lowest BCUT2D eigenvalue weighted by Gasteiger charge is -2.10. The first-order valence-corrected chi connectivity index (χ1v) is 4.47. The van der Waals surface area contributed by atoms with Gasteiger partial charge < -0.3 is 14.8 Å². The van der Waals surface area contributed by atoms with Crippen LogP contribution in [0.15, 0.2) is 29.1 Å². The third-order valence-electron chi connectivity index (χ3n) is 2.05. The van der Waals surface area contributed by atoms with Crippen LogP contribution in [0.4, 0.5) is 13.2 Å². The summed E-state index contributed by atoms with van der Waals surface area (Å²) in [4.78, 5) is 13.2. The molecule has 2 N–H and O–H groups in total. The van der Waals surface area contributed by atoms with E-state index in [0.29, 0.717) is 0 Å². The summed E-state index contributed by atoms with van der Waals surface area (Å²) in [5.74, 6) is -1.09. The van der Waals surface area contributed by atoms with E-state index in [-0.39, 0.29) is 10.9 Å². The van der Waals surface area contributed by atoms with Crippen LogP contribution in [0.25, 0.3) is 10.9 Å². The van der Waals surface area contributed by atoms with E-state index < -0.39 is 23.4 Å². The van der Waals surface area contributed by atoms with Gasteiger partial charge in [-0.1, -0.05) is 12.1 Å². The van der Waals surface area contributed by atoms with Gasteiger partial charge in [-0.25, -0.2) is 0 Å². The first-order chi connectivity index (χ1) is 7.87. The summed E-state index contributed by atoms with van der Waals surface area (Å²) in [6, 6.07) is 4.90. The highest BCUT2D eigenvalue weighted by Crippen LogP contribution is 2.29. The minimum absolute atomic E-state index is 0.118. The smallest absolute Gasteiger partial charge is 0.503 e. The van der Waals surface area contributed by atoms with E-state index in [4.69, 9.17) is 5.11 Å². The number of nitrogens with one attached hydrogen (secondary N) is 1. The van der Waals surface area contributed by atoms with Gasteiger partial charge in [0.15, 0.2) is 11.5 Å². The zero-order chi connectivity index (χ0) is 12.6. The van der Waals surface area contributed by atoms with Crippen molar-refractivity contribution in [1.82, 2.24) is 4.98 Å². The Morgan fingerprint density at radius 2 is 2.00 bits per heavy atom. The average Bonchev–Trinajstić information content (AvgIpc) is 2.19. The minimum Gasteiger partial charge on any atom is -0.503 e. The van der Waals surface area contributed by atoms with Gasteiger partial charge in [0.25, 0.3) is 5.56 Å². The van der Waals surface area contributed by atoms with Gasteiger partial charge in [-0.05, 0) is 12.1 Å². The summed E-state index contributed by atoms with van der Waals surface area (Å²) < 4.78 is 40.0. The molecule has 0 saturated heterocycles. The number of hydrogen-bond donors (Lipinski definition) is 2. The van der Waals surface area contributed by atoms with Gasteiger partial charge in [0.1, 0.15) is 0 Å². The summed E-state index contributed by atoms with van der Waals surface area (Å²) in [6.07, 6.45) is -4.84. The van der Waals surface area contributed by atoms with Crippen LogP contribution in [0.5, 0.6) is 11.5 Å². The normalized spacial score (nSPS) is 11.7. The Bertz CT molecular complexity index is 618. The highest BCUT2D eigenvalue weighted by Gasteiger charge is 2.32. The molecule has 0 atom stereocenters. The highest BCUT2D eigenvalue weighted by atomic mass is 19.4. The number of rotatable bonds is 1. The van der Waals surface area contributed by atoms with Crippen molar-refractivity contribution in [3.63, 3.8) is 0 Å². The molecule has 2 rings (SSSR count). The number of pyridine rings is 1. The Balaban J connectivity index is 2.65. The second-order valence-electron chi connectivity index (χ2n) is 3.25. The van der Waals surface area contributed by atoms with Gasteiger partial charge >= 0.3 is 6.36 Å². The molecule has 1 aromatic carbocycles. The number of aromatic amines is 1. The molecule has 0 spiro atoms. The van der Waals surface area contributed by atoms with Crippen molar-refractivity contribution in [2.24, 2.45) is 0 Å². The molecule has 2 aromatic rings. The fourth-order valence-corrected chi connectivity index (χ4v) is 1.40. The number of ether oxygens (including phenoxy) is 1. The number of alkyl halides is 3. The molecule has 17 heavy (non-hydrogen) atoms. The third-order valence-corrected chi connectivity index (χ3v) is 2.05. The lowest BCUT2D eigenvalue weighted by atomic mass is 10.2. The summed E-state index contributed by atoms with van der Waals surface area (Å²) in [7, 11) is 0. The number of hydrogen-bond acceptors (Lipinski definition) is 3. The van der Waals surface area contributed by atoms with Crippen LogP contribution in [-0.4, -0.2) is 16.5 Å². The Morgan fingerprint density at radius 1 is 1.29 bits per heavy atom. The van der Waals surface area contributed by atoms with Gasteiger partial charge in [0.05, 0.1) is 5.52 Å². The molecule has 0 aliphatic heterocycles. The summed E-state index contributed by atoms with van der Waals surface area (Å²) >= 11 is 0. The molecule has 1 aromatic heterocycles. The van der Waals surface area contributed by atoms with Crippen molar-refractivity contribution in [3.8, 4) is 11.5 Å². The number of aromatic nitrogens is 1. The lowest BCUT2D eigenvalue weighted by molar-refractivity contribution is -0.274. The number of aromatic hydroxyl groups is 1. The van der Waals surface area contributed by atoms with Crippen molar-refractivity contribution >= 4 is 10.9 Å². The molecular weight excluding hydrogens is 239 g/mol. The first kappa shape index (κ1) is 11.3. The van der Waals surface area contributed by atoms with Crippen LogP contribution in [-0.2, 0) is 0 Å². The van der Waals surface area contributed by atoms with Crippen LogP contribution < -0.4 is 10.3 Å². The number of para-hydroxylation sites is 1. The van der Waals surface area contributed by atoms with E-state index in [1.54, 1.807) is 0 Å². The molecule has 0 saturated carbocycles. The topological polar surface area (TPSA) is 62.3 Å². The van der Waals surface area contributed by atoms with Crippen LogP contribution >= 0.6 is 0 Å². The molecule has 0 radical (unpaired) electrons. The predicted molar refractivity (Wildman–Crippen MR) is 52.9 cm³/mol. The number of benzene rings is 1. The molecule has 0 fully saturated rings. The van der Waals surface area contributed by atoms with Gasteiger partial charge in [0, 0.05) is 5.39 Å². The van der Waals surface area contributed by atoms with Gasteiger partial charge in [0.2, 0.25) is 0 Å². The quantitative estimate of drug-likeness (QED) is 0.809. The van der Waals surface area contributed by atoms with Crippen LogP contribution in [0, 0.1) is 0 Å². The van der Waals surface area contributed by atoms with E-state index in [0.717, 1.165) is 12.1 Å². The van der Waals surface area contributed by atoms with Crippen molar-refractivity contribution < 1.29 is 23.0 Å². The Kier molecular flexibility index (Phi) is 2.45. The van der Waals surface area contributed by atoms with Gasteiger partial charge in [-0.3, -0.25) is 4.79 Å². The third kappa shape index (κ3) is 2.32. The zero-order valence-corrected chi connectivity index (χ0v) is 8.21. The highest BCUT2D eigenvalue weighted by molar-refractivity contribution is 5.85. The largest absolute Gasteiger partial charge is 0.573 e. The van der Waals surface area contributed by atoms with Crippen LogP contribution in [0.3, 0.4) is 0 Å². The molecular formula is C10H6F3NO3. The molecule has 7 heteroatoms. The molecule has 90 valence electrons. The maximum Gasteiger partial charge on any atom is 0.573 e. The number of fused-ring (bicyclic) bond motifs is 1. The second kappa shape index (κ2) is 3.69. The van der Waals surface area contributed by atoms with Crippen molar-refractivity contribution in [3.05, 3.63) is 34.6 Å². The first-order valence-electron chi connectivity index (χ1n) is 4.47. The van der Waals surface area contributed by atoms with Gasteiger partial charge in [-0.2, -0.15) is 0 Å². The monoisotopic (exact) mass is 245 g/mol. The lowest BCUT2D eigenvalue weighted by Crippen LogP contribution is -2.18. The second-order valence-corrected chi connectivity index (χ2v) is 3.25. The van der Waals surface area contributed by atoms with E-state index in [9.17, 15) is 18.0 Å². The van der Waals surface area contributed by atoms with E-state index in [2.05, 4.69) is 9.72 Å². The molecule has 0 aliphatic carbocycles. The van der Waals surface area contributed by atoms with Crippen LogP contribution in [0.1, 0.15) is 0 Å². The summed E-state index contributed by atoms with van der Waals surface area (Å²) in [5.41, 5.74) is -0.997. The number of H-pyrrole nitrogens is 1.